The van der Waals surface area contributed by atoms with Crippen molar-refractivity contribution in [2.24, 2.45) is 5.92 Å². The van der Waals surface area contributed by atoms with E-state index in [2.05, 4.69) is 38.5 Å². The highest BCUT2D eigenvalue weighted by Crippen LogP contribution is 2.30. The molecule has 2 aromatic rings. The van der Waals surface area contributed by atoms with Crippen molar-refractivity contribution in [2.75, 3.05) is 18.4 Å². The largest absolute Gasteiger partial charge is 0.350 e. The second-order valence-electron chi connectivity index (χ2n) is 6.36. The van der Waals surface area contributed by atoms with Crippen LogP contribution in [0.15, 0.2) is 48.5 Å². The quantitative estimate of drug-likeness (QED) is 0.424. The Labute approximate surface area is 171 Å². The monoisotopic (exact) mass is 477 g/mol. The molecular weight excluding hydrogens is 457 g/mol. The van der Waals surface area contributed by atoms with Crippen LogP contribution in [0, 0.1) is 9.49 Å². The Kier molecular flexibility index (Phi) is 6.44. The van der Waals surface area contributed by atoms with Crippen LogP contribution in [0.3, 0.4) is 0 Å². The number of hydrogen-bond donors (Lipinski definition) is 3. The summed E-state index contributed by atoms with van der Waals surface area (Å²) >= 11 is 2.18. The average molecular weight is 477 g/mol. The Balaban J connectivity index is 1.40. The molecule has 140 valence electrons. The van der Waals surface area contributed by atoms with Gasteiger partial charge in [-0.1, -0.05) is 0 Å². The first-order chi connectivity index (χ1) is 13.0. The Morgan fingerprint density at radius 2 is 1.30 bits per heavy atom. The number of carbonyl (C=O) groups is 3. The van der Waals surface area contributed by atoms with Gasteiger partial charge in [-0.3, -0.25) is 14.4 Å². The van der Waals surface area contributed by atoms with Crippen molar-refractivity contribution < 1.29 is 14.4 Å². The average Bonchev–Trinajstić information content (AvgIpc) is 3.51. The molecule has 3 N–H and O–H groups in total. The summed E-state index contributed by atoms with van der Waals surface area (Å²) in [5.74, 6) is -0.214. The van der Waals surface area contributed by atoms with E-state index >= 15 is 0 Å². The molecule has 0 atom stereocenters. The Bertz CT molecular complexity index is 831. The summed E-state index contributed by atoms with van der Waals surface area (Å²) in [6.45, 7) is 0.668. The first-order valence-corrected chi connectivity index (χ1v) is 9.84. The van der Waals surface area contributed by atoms with Crippen LogP contribution in [-0.4, -0.2) is 30.8 Å². The van der Waals surface area contributed by atoms with Gasteiger partial charge in [-0.05, 0) is 84.0 Å². The third-order valence-corrected chi connectivity index (χ3v) is 4.88. The fourth-order valence-corrected chi connectivity index (χ4v) is 2.81. The Morgan fingerprint density at radius 1 is 0.815 bits per heavy atom. The highest BCUT2D eigenvalue weighted by Gasteiger charge is 2.29. The molecule has 0 aliphatic heterocycles. The number of benzene rings is 2. The van der Waals surface area contributed by atoms with Crippen LogP contribution >= 0.6 is 22.6 Å². The van der Waals surface area contributed by atoms with Gasteiger partial charge in [0.15, 0.2) is 0 Å². The molecule has 1 aliphatic carbocycles. The topological polar surface area (TPSA) is 87.3 Å². The molecule has 0 heterocycles. The number of anilines is 1. The normalized spacial score (nSPS) is 12.9. The van der Waals surface area contributed by atoms with Gasteiger partial charge in [0, 0.05) is 39.4 Å². The molecule has 7 heteroatoms. The van der Waals surface area contributed by atoms with Crippen molar-refractivity contribution in [3.8, 4) is 0 Å². The third-order valence-electron chi connectivity index (χ3n) is 4.17. The molecule has 1 fully saturated rings. The van der Waals surface area contributed by atoms with Crippen molar-refractivity contribution in [2.45, 2.75) is 12.8 Å². The maximum atomic E-state index is 12.1. The fourth-order valence-electron chi connectivity index (χ4n) is 2.45. The van der Waals surface area contributed by atoms with Gasteiger partial charge in [0.05, 0.1) is 0 Å². The number of hydrogen-bond acceptors (Lipinski definition) is 3. The second kappa shape index (κ2) is 8.98. The Morgan fingerprint density at radius 3 is 1.78 bits per heavy atom. The molecule has 1 saturated carbocycles. The lowest BCUT2D eigenvalue weighted by Gasteiger charge is -2.08. The van der Waals surface area contributed by atoms with Gasteiger partial charge in [0.25, 0.3) is 11.8 Å². The summed E-state index contributed by atoms with van der Waals surface area (Å²) in [6, 6.07) is 14.0. The number of rotatable bonds is 7. The number of halogens is 1. The van der Waals surface area contributed by atoms with E-state index in [4.69, 9.17) is 0 Å². The van der Waals surface area contributed by atoms with E-state index in [-0.39, 0.29) is 23.6 Å². The van der Waals surface area contributed by atoms with Crippen molar-refractivity contribution in [3.63, 3.8) is 0 Å². The summed E-state index contributed by atoms with van der Waals surface area (Å²) in [5, 5.41) is 8.37. The van der Waals surface area contributed by atoms with Gasteiger partial charge < -0.3 is 16.0 Å². The summed E-state index contributed by atoms with van der Waals surface area (Å²) < 4.78 is 1.06. The summed E-state index contributed by atoms with van der Waals surface area (Å²) in [6.07, 6.45) is 1.90. The van der Waals surface area contributed by atoms with Crippen molar-refractivity contribution in [1.82, 2.24) is 10.6 Å². The molecule has 0 bridgehead atoms. The van der Waals surface area contributed by atoms with E-state index in [0.29, 0.717) is 29.9 Å². The molecule has 1 aliphatic rings. The highest BCUT2D eigenvalue weighted by molar-refractivity contribution is 14.1. The van der Waals surface area contributed by atoms with Gasteiger partial charge in [0.2, 0.25) is 5.91 Å². The van der Waals surface area contributed by atoms with Crippen molar-refractivity contribution in [3.05, 3.63) is 63.2 Å². The lowest BCUT2D eigenvalue weighted by molar-refractivity contribution is -0.117. The first-order valence-electron chi connectivity index (χ1n) is 8.76. The summed E-state index contributed by atoms with van der Waals surface area (Å²) in [5.41, 5.74) is 1.78. The van der Waals surface area contributed by atoms with Gasteiger partial charge in [-0.25, -0.2) is 0 Å². The zero-order chi connectivity index (χ0) is 19.2. The lowest BCUT2D eigenvalue weighted by Crippen LogP contribution is -2.34. The van der Waals surface area contributed by atoms with Crippen LogP contribution in [0.2, 0.25) is 0 Å². The molecule has 0 radical (unpaired) electrons. The molecule has 0 unspecified atom stereocenters. The number of nitrogens with one attached hydrogen (secondary N) is 3. The summed E-state index contributed by atoms with van der Waals surface area (Å²) in [7, 11) is 0. The molecule has 0 spiro atoms. The minimum Gasteiger partial charge on any atom is -0.350 e. The maximum Gasteiger partial charge on any atom is 0.251 e. The van der Waals surface area contributed by atoms with Crippen LogP contribution in [0.4, 0.5) is 5.69 Å². The predicted octanol–water partition coefficient (Wildman–Crippen LogP) is 2.80. The smallest absolute Gasteiger partial charge is 0.251 e. The molecular formula is C20H20IN3O3. The van der Waals surface area contributed by atoms with Gasteiger partial charge in [0.1, 0.15) is 0 Å². The van der Waals surface area contributed by atoms with Crippen LogP contribution < -0.4 is 16.0 Å². The molecule has 0 saturated heterocycles. The summed E-state index contributed by atoms with van der Waals surface area (Å²) in [4.78, 5) is 35.8. The van der Waals surface area contributed by atoms with Crippen molar-refractivity contribution in [1.29, 1.82) is 0 Å². The third kappa shape index (κ3) is 5.78. The number of amides is 3. The van der Waals surface area contributed by atoms with E-state index in [1.165, 1.54) is 0 Å². The Hall–Kier alpha value is -2.42. The number of carbonyl (C=O) groups excluding carboxylic acids is 3. The van der Waals surface area contributed by atoms with Crippen LogP contribution in [0.5, 0.6) is 0 Å². The van der Waals surface area contributed by atoms with Crippen LogP contribution in [0.25, 0.3) is 0 Å². The van der Waals surface area contributed by atoms with Crippen LogP contribution in [0.1, 0.15) is 33.6 Å². The van der Waals surface area contributed by atoms with Gasteiger partial charge in [-0.15, -0.1) is 0 Å². The maximum absolute atomic E-state index is 12.1. The lowest BCUT2D eigenvalue weighted by atomic mass is 10.2. The molecule has 3 amide bonds. The zero-order valence-electron chi connectivity index (χ0n) is 14.6. The molecule has 27 heavy (non-hydrogen) atoms. The van der Waals surface area contributed by atoms with Gasteiger partial charge in [-0.2, -0.15) is 0 Å². The van der Waals surface area contributed by atoms with Crippen LogP contribution in [-0.2, 0) is 4.79 Å². The van der Waals surface area contributed by atoms with E-state index in [1.54, 1.807) is 36.4 Å². The van der Waals surface area contributed by atoms with E-state index < -0.39 is 0 Å². The fraction of sp³-hybridized carbons (Fsp3) is 0.250. The SMILES string of the molecule is O=C(NCCNC(=O)c1ccc(NC(=O)C2CC2)cc1)c1ccc(I)cc1. The zero-order valence-corrected chi connectivity index (χ0v) is 16.8. The highest BCUT2D eigenvalue weighted by atomic mass is 127. The second-order valence-corrected chi connectivity index (χ2v) is 7.61. The van der Waals surface area contributed by atoms with Gasteiger partial charge >= 0.3 is 0 Å². The predicted molar refractivity (Wildman–Crippen MR) is 112 cm³/mol. The molecule has 2 aromatic carbocycles. The minimum atomic E-state index is -0.224. The minimum absolute atomic E-state index is 0.0380. The van der Waals surface area contributed by atoms with E-state index in [0.717, 1.165) is 16.4 Å². The molecule has 0 aromatic heterocycles. The first kappa shape index (κ1) is 19.3. The standard InChI is InChI=1S/C20H20IN3O3/c21-16-7-3-13(4-8-16)18(25)22-11-12-23-19(26)14-5-9-17(10-6-14)24-20(27)15-1-2-15/h3-10,15H,1-2,11-12H2,(H,22,25)(H,23,26)(H,24,27). The molecule has 3 rings (SSSR count). The van der Waals surface area contributed by atoms with E-state index in [1.807, 2.05) is 12.1 Å². The van der Waals surface area contributed by atoms with E-state index in [9.17, 15) is 14.4 Å². The molecule has 6 nitrogen and oxygen atoms in total. The van der Waals surface area contributed by atoms with Crippen molar-refractivity contribution >= 4 is 46.0 Å².